The highest BCUT2D eigenvalue weighted by molar-refractivity contribution is 7.93. The number of nitrogens with one attached hydrogen (secondary N) is 5. The predicted octanol–water partition coefficient (Wildman–Crippen LogP) is 4.38. The molecule has 0 aliphatic carbocycles. The third-order valence-corrected chi connectivity index (χ3v) is 17.3. The van der Waals surface area contributed by atoms with Gasteiger partial charge in [0.2, 0.25) is 45.3 Å². The first-order valence-corrected chi connectivity index (χ1v) is 28.5. The Morgan fingerprint density at radius 1 is 0.696 bits per heavy atom. The maximum atomic E-state index is 16.2. The van der Waals surface area contributed by atoms with E-state index < -0.39 is 108 Å². The number of hydrogen-bond donors (Lipinski definition) is 7. The summed E-state index contributed by atoms with van der Waals surface area (Å²) >= 11 is 0. The number of unbranched alkanes of at least 4 members (excludes halogenated alkanes) is 3. The number of nitrogens with two attached hydrogens (primary N) is 2. The van der Waals surface area contributed by atoms with E-state index in [4.69, 9.17) is 11.5 Å². The van der Waals surface area contributed by atoms with E-state index in [0.29, 0.717) is 37.7 Å². The molecule has 1 heterocycles. The Kier molecular flexibility index (Phi) is 23.5. The van der Waals surface area contributed by atoms with Crippen molar-refractivity contribution in [3.63, 3.8) is 0 Å². The van der Waals surface area contributed by atoms with Gasteiger partial charge in [0, 0.05) is 49.6 Å². The van der Waals surface area contributed by atoms with Crippen molar-refractivity contribution in [1.82, 2.24) is 36.4 Å². The third kappa shape index (κ3) is 16.5. The van der Waals surface area contributed by atoms with Gasteiger partial charge in [0.05, 0.1) is 6.04 Å². The Morgan fingerprint density at radius 3 is 1.78 bits per heavy atom. The SMILES string of the molecule is CN[C@H](C(=O)N[C@H](C(=O)N(C)C(C=C(C)C(N)=O)(C(C)C)S(=O)(=O)C(NC(=O)[C@@H](CCCCN)NC(=O)[C@@H](Cc1ccccc1)NC(=O)CCCCCN1C(=O)C=CC1=O)c1ccccc1)C(C)(C)C)C(C)(C)c1ccccc1. The number of carbonyl (C=O) groups excluding carboxylic acids is 8. The minimum Gasteiger partial charge on any atom is -0.366 e. The first-order chi connectivity index (χ1) is 37.1. The zero-order valence-corrected chi connectivity index (χ0v) is 48.3. The Balaban J connectivity index is 1.76. The number of sulfone groups is 1. The van der Waals surface area contributed by atoms with Crippen LogP contribution in [0.3, 0.4) is 0 Å². The summed E-state index contributed by atoms with van der Waals surface area (Å²) in [6.45, 7) is 13.8. The number of benzene rings is 3. The maximum Gasteiger partial charge on any atom is 0.253 e. The highest BCUT2D eigenvalue weighted by Gasteiger charge is 2.56. The van der Waals surface area contributed by atoms with Gasteiger partial charge < -0.3 is 43.0 Å². The second-order valence-corrected chi connectivity index (χ2v) is 24.3. The molecule has 3 aromatic carbocycles. The van der Waals surface area contributed by atoms with Gasteiger partial charge in [-0.3, -0.25) is 43.3 Å². The van der Waals surface area contributed by atoms with Crippen molar-refractivity contribution in [3.8, 4) is 0 Å². The van der Waals surface area contributed by atoms with Crippen LogP contribution in [0.4, 0.5) is 0 Å². The van der Waals surface area contributed by atoms with Crippen LogP contribution in [0.15, 0.2) is 115 Å². The largest absolute Gasteiger partial charge is 0.366 e. The third-order valence-electron chi connectivity index (χ3n) is 14.5. The molecule has 6 atom stereocenters. The number of primary amides is 1. The van der Waals surface area contributed by atoms with Crippen molar-refractivity contribution in [2.45, 2.75) is 147 Å². The van der Waals surface area contributed by atoms with Gasteiger partial charge in [-0.1, -0.05) is 146 Å². The average Bonchev–Trinajstić information content (AvgIpc) is 3.86. The molecule has 20 heteroatoms. The molecule has 0 saturated heterocycles. The fraction of sp³-hybridized carbons (Fsp3) is 0.492. The molecule has 0 spiro atoms. The molecule has 8 amide bonds. The van der Waals surface area contributed by atoms with Gasteiger partial charge in [0.15, 0.2) is 10.2 Å². The summed E-state index contributed by atoms with van der Waals surface area (Å²) in [7, 11) is -2.17. The lowest BCUT2D eigenvalue weighted by molar-refractivity contribution is -0.142. The summed E-state index contributed by atoms with van der Waals surface area (Å²) in [5.41, 5.74) is 11.3. The molecule has 1 aliphatic rings. The van der Waals surface area contributed by atoms with Gasteiger partial charge >= 0.3 is 0 Å². The van der Waals surface area contributed by atoms with Crippen LogP contribution in [0.5, 0.6) is 0 Å². The molecule has 19 nitrogen and oxygen atoms in total. The van der Waals surface area contributed by atoms with E-state index in [0.717, 1.165) is 21.4 Å². The normalized spacial score (nSPS) is 15.8. The molecule has 0 aromatic heterocycles. The second-order valence-electron chi connectivity index (χ2n) is 22.1. The van der Waals surface area contributed by atoms with Crippen molar-refractivity contribution < 1.29 is 46.8 Å². The van der Waals surface area contributed by atoms with Crippen LogP contribution in [0.2, 0.25) is 0 Å². The zero-order chi connectivity index (χ0) is 58.9. The number of rotatable bonds is 30. The standard InChI is InChI=1S/C59H83N9O10S/c1-39(2)59(38-40(3)51(61)72,67(10)56(76)50(57(4,5)6)65-54(75)49(62-9)58(7,8)43-29-19-13-20-30-43)79(77,78)55(42-27-17-12-18-28-42)66-52(73)44(31-22-23-35-60)64-53(74)45(37-41-25-15-11-16-26-41)63-46(69)32-21-14-24-36-68-47(70)33-34-48(68)71/h11-13,15-20,25-30,33-34,38-39,44-45,49-50,55,62H,14,21-24,31-32,35-37,60H2,1-10H3,(H2,61,72)(H,63,69)(H,64,74)(H,65,75)(H,66,73)/t44-,45-,49-,50-,55?,59?/m1/s1. The molecule has 1 aliphatic heterocycles. The summed E-state index contributed by atoms with van der Waals surface area (Å²) in [6.07, 6.45) is 5.69. The summed E-state index contributed by atoms with van der Waals surface area (Å²) < 4.78 is 32.5. The van der Waals surface area contributed by atoms with Crippen LogP contribution in [0.25, 0.3) is 0 Å². The van der Waals surface area contributed by atoms with E-state index in [1.807, 2.05) is 44.2 Å². The second kappa shape index (κ2) is 28.7. The van der Waals surface area contributed by atoms with Gasteiger partial charge in [-0.2, -0.15) is 0 Å². The van der Waals surface area contributed by atoms with Crippen LogP contribution < -0.4 is 38.1 Å². The van der Waals surface area contributed by atoms with Crippen molar-refractivity contribution in [2.24, 2.45) is 22.8 Å². The fourth-order valence-electron chi connectivity index (χ4n) is 9.86. The number of imide groups is 1. The van der Waals surface area contributed by atoms with Gasteiger partial charge in [0.25, 0.3) is 11.8 Å². The molecule has 3 aromatic rings. The number of hydrogen-bond acceptors (Lipinski definition) is 12. The maximum absolute atomic E-state index is 16.2. The van der Waals surface area contributed by atoms with Crippen LogP contribution in [0.1, 0.15) is 122 Å². The van der Waals surface area contributed by atoms with Gasteiger partial charge in [-0.15, -0.1) is 0 Å². The summed E-state index contributed by atoms with van der Waals surface area (Å²) in [5.74, 6) is -6.31. The highest BCUT2D eigenvalue weighted by Crippen LogP contribution is 2.42. The van der Waals surface area contributed by atoms with Gasteiger partial charge in [-0.05, 0) is 86.7 Å². The number of likely N-dealkylation sites (N-methyl/N-ethyl adjacent to an activating group) is 2. The van der Waals surface area contributed by atoms with Crippen molar-refractivity contribution in [3.05, 3.63) is 131 Å². The predicted molar refractivity (Wildman–Crippen MR) is 304 cm³/mol. The summed E-state index contributed by atoms with van der Waals surface area (Å²) in [4.78, 5) is 110. The quantitative estimate of drug-likeness (QED) is 0.0278. The molecule has 9 N–H and O–H groups in total. The Bertz CT molecular complexity index is 2760. The molecule has 0 fully saturated rings. The monoisotopic (exact) mass is 1110 g/mol. The lowest BCUT2D eigenvalue weighted by atomic mass is 9.76. The van der Waals surface area contributed by atoms with Gasteiger partial charge in [0.1, 0.15) is 18.1 Å². The fourth-order valence-corrected chi connectivity index (χ4v) is 12.5. The molecule has 4 rings (SSSR count). The van der Waals surface area contributed by atoms with Crippen LogP contribution in [-0.4, -0.2) is 122 Å². The molecule has 2 unspecified atom stereocenters. The molecular weight excluding hydrogens is 1030 g/mol. The van der Waals surface area contributed by atoms with Crippen molar-refractivity contribution in [1.29, 1.82) is 0 Å². The Morgan fingerprint density at radius 2 is 1.25 bits per heavy atom. The molecule has 0 bridgehead atoms. The van der Waals surface area contributed by atoms with E-state index in [2.05, 4.69) is 26.6 Å². The number of carbonyl (C=O) groups is 8. The molecule has 430 valence electrons. The summed E-state index contributed by atoms with van der Waals surface area (Å²) in [5, 5.41) is 12.4. The Hall–Kier alpha value is -7.03. The van der Waals surface area contributed by atoms with E-state index in [1.165, 1.54) is 38.3 Å². The van der Waals surface area contributed by atoms with E-state index >= 15 is 18.0 Å². The number of amides is 8. The first-order valence-electron chi connectivity index (χ1n) is 26.9. The average molecular weight is 1110 g/mol. The lowest BCUT2D eigenvalue weighted by Crippen LogP contribution is -2.66. The number of nitrogens with zero attached hydrogens (tertiary/aromatic N) is 2. The smallest absolute Gasteiger partial charge is 0.253 e. The zero-order valence-electron chi connectivity index (χ0n) is 47.5. The molecule has 79 heavy (non-hydrogen) atoms. The minimum atomic E-state index is -5.08. The molecular formula is C59H83N9O10S. The lowest BCUT2D eigenvalue weighted by Gasteiger charge is -2.47. The molecule has 0 radical (unpaired) electrons. The highest BCUT2D eigenvalue weighted by atomic mass is 32.2. The minimum absolute atomic E-state index is 0.00404. The van der Waals surface area contributed by atoms with Crippen LogP contribution >= 0.6 is 0 Å². The molecule has 0 saturated carbocycles. The topological polar surface area (TPSA) is 289 Å². The summed E-state index contributed by atoms with van der Waals surface area (Å²) in [6, 6.07) is 21.2. The van der Waals surface area contributed by atoms with Crippen LogP contribution in [0, 0.1) is 11.3 Å². The van der Waals surface area contributed by atoms with Crippen molar-refractivity contribution in [2.75, 3.05) is 27.2 Å². The van der Waals surface area contributed by atoms with Crippen molar-refractivity contribution >= 4 is 57.1 Å². The van der Waals surface area contributed by atoms with Gasteiger partial charge in [-0.25, -0.2) is 8.42 Å². The Labute approximate surface area is 466 Å². The van der Waals surface area contributed by atoms with E-state index in [-0.39, 0.29) is 43.5 Å². The van der Waals surface area contributed by atoms with Crippen LogP contribution in [-0.2, 0) is 60.0 Å². The van der Waals surface area contributed by atoms with E-state index in [1.54, 1.807) is 90.2 Å². The van der Waals surface area contributed by atoms with E-state index in [9.17, 15) is 28.8 Å². The first kappa shape index (κ1) is 64.5.